The summed E-state index contributed by atoms with van der Waals surface area (Å²) in [7, 11) is -4.63. The van der Waals surface area contributed by atoms with Crippen LogP contribution in [-0.2, 0) is 32.7 Å². The molecule has 0 heterocycles. The molecule has 0 spiro atoms. The summed E-state index contributed by atoms with van der Waals surface area (Å²) in [6, 6.07) is 0. The van der Waals surface area contributed by atoms with Crippen molar-refractivity contribution in [2.45, 2.75) is 180 Å². The Kier molecular flexibility index (Phi) is 36.7. The van der Waals surface area contributed by atoms with Crippen molar-refractivity contribution in [2.75, 3.05) is 26.4 Å². The van der Waals surface area contributed by atoms with Crippen LogP contribution in [0.5, 0.6) is 0 Å². The molecule has 0 saturated carbocycles. The van der Waals surface area contributed by atoms with Crippen LogP contribution < -0.4 is 0 Å². The zero-order valence-corrected chi connectivity index (χ0v) is 34.1. The van der Waals surface area contributed by atoms with E-state index in [0.717, 1.165) is 70.6 Å². The molecule has 11 heteroatoms. The van der Waals surface area contributed by atoms with Crippen molar-refractivity contribution in [3.63, 3.8) is 0 Å². The van der Waals surface area contributed by atoms with Gasteiger partial charge in [-0.15, -0.1) is 0 Å². The lowest BCUT2D eigenvalue weighted by molar-refractivity contribution is -0.153. The Bertz CT molecular complexity index is 1030. The number of rotatable bonds is 38. The molecule has 0 aromatic carbocycles. The molecular weight excluding hydrogens is 695 g/mol. The standard InChI is InChI=1S/C42H75O10P/c1-3-5-7-9-11-12-13-14-15-16-17-18-19-20-21-22-23-24-25-26-28-30-32-34-42(46)52-40(36-44)38-50-53(47,48)49-37-39(35-43)51-41(45)33-31-29-27-10-8-6-4-2/h5,7,11-12,14-15,17-18,39-40,43-44H,3-4,6,8-10,13,16,19-38H2,1-2H3,(H,47,48)/b7-5-,12-11-,15-14-,18-17-. The molecule has 10 nitrogen and oxygen atoms in total. The number of ether oxygens (including phenoxy) is 2. The summed E-state index contributed by atoms with van der Waals surface area (Å²) in [6.07, 6.45) is 39.7. The van der Waals surface area contributed by atoms with Gasteiger partial charge in [-0.3, -0.25) is 18.6 Å². The summed E-state index contributed by atoms with van der Waals surface area (Å²) in [6.45, 7) is 2.02. The van der Waals surface area contributed by atoms with Gasteiger partial charge in [0.25, 0.3) is 0 Å². The fourth-order valence-corrected chi connectivity index (χ4v) is 6.18. The highest BCUT2D eigenvalue weighted by Crippen LogP contribution is 2.43. The van der Waals surface area contributed by atoms with E-state index < -0.39 is 58.4 Å². The van der Waals surface area contributed by atoms with Crippen molar-refractivity contribution < 1.29 is 47.8 Å². The Morgan fingerprint density at radius 2 is 0.887 bits per heavy atom. The van der Waals surface area contributed by atoms with E-state index in [2.05, 4.69) is 62.5 Å². The molecule has 53 heavy (non-hydrogen) atoms. The third kappa shape index (κ3) is 36.7. The molecule has 0 bridgehead atoms. The summed E-state index contributed by atoms with van der Waals surface area (Å²) in [5, 5.41) is 19.1. The quantitative estimate of drug-likeness (QED) is 0.0240. The van der Waals surface area contributed by atoms with Crippen LogP contribution in [0.4, 0.5) is 0 Å². The molecule has 0 aromatic rings. The van der Waals surface area contributed by atoms with Crippen LogP contribution in [-0.4, -0.2) is 65.7 Å². The molecule has 0 amide bonds. The van der Waals surface area contributed by atoms with Gasteiger partial charge in [0.2, 0.25) is 0 Å². The zero-order chi connectivity index (χ0) is 39.1. The maximum absolute atomic E-state index is 12.3. The Morgan fingerprint density at radius 3 is 1.28 bits per heavy atom. The van der Waals surface area contributed by atoms with Gasteiger partial charge in [-0.25, -0.2) is 4.57 Å². The normalized spacial score (nSPS) is 14.4. The molecule has 0 aromatic heterocycles. The number of allylic oxidation sites excluding steroid dienone is 8. The Morgan fingerprint density at radius 1 is 0.528 bits per heavy atom. The number of unbranched alkanes of at least 4 members (excludes halogenated alkanes) is 16. The fourth-order valence-electron chi connectivity index (χ4n) is 5.40. The minimum Gasteiger partial charge on any atom is -0.457 e. The summed E-state index contributed by atoms with van der Waals surface area (Å²) in [5.41, 5.74) is 0. The molecule has 3 unspecified atom stereocenters. The second kappa shape index (κ2) is 38.2. The highest BCUT2D eigenvalue weighted by atomic mass is 31.2. The third-order valence-corrected chi connectivity index (χ3v) is 9.51. The first-order valence-corrected chi connectivity index (χ1v) is 22.1. The van der Waals surface area contributed by atoms with Gasteiger partial charge in [-0.1, -0.05) is 152 Å². The first-order valence-electron chi connectivity index (χ1n) is 20.6. The average Bonchev–Trinajstić information content (AvgIpc) is 3.14. The SMILES string of the molecule is CC/C=C\C/C=C\C/C=C\C/C=C\CCCCCCCCCCCCC(=O)OC(CO)COP(=O)(O)OCC(CO)OC(=O)CCCCCCCCC. The minimum absolute atomic E-state index is 0.186. The van der Waals surface area contributed by atoms with Gasteiger partial charge in [0, 0.05) is 12.8 Å². The van der Waals surface area contributed by atoms with Crippen LogP contribution in [0.3, 0.4) is 0 Å². The second-order valence-electron chi connectivity index (χ2n) is 13.6. The number of hydrogen-bond donors (Lipinski definition) is 3. The Hall–Kier alpha value is -2.07. The predicted octanol–water partition coefficient (Wildman–Crippen LogP) is 10.6. The molecular formula is C42H75O10P. The molecule has 0 aliphatic heterocycles. The lowest BCUT2D eigenvalue weighted by Crippen LogP contribution is -2.28. The minimum atomic E-state index is -4.63. The number of phosphoric ester groups is 1. The van der Waals surface area contributed by atoms with Gasteiger partial charge in [-0.05, 0) is 51.4 Å². The van der Waals surface area contributed by atoms with Crippen LogP contribution in [0, 0.1) is 0 Å². The molecule has 0 aliphatic rings. The van der Waals surface area contributed by atoms with Crippen LogP contribution in [0.15, 0.2) is 48.6 Å². The second-order valence-corrected chi connectivity index (χ2v) is 15.0. The number of carbonyl (C=O) groups excluding carboxylic acids is 2. The summed E-state index contributed by atoms with van der Waals surface area (Å²) in [5.74, 6) is -1.03. The summed E-state index contributed by atoms with van der Waals surface area (Å²) >= 11 is 0. The molecule has 3 N–H and O–H groups in total. The van der Waals surface area contributed by atoms with E-state index in [4.69, 9.17) is 18.5 Å². The maximum atomic E-state index is 12.3. The highest BCUT2D eigenvalue weighted by Gasteiger charge is 2.27. The van der Waals surface area contributed by atoms with Crippen molar-refractivity contribution in [3.8, 4) is 0 Å². The zero-order valence-electron chi connectivity index (χ0n) is 33.2. The van der Waals surface area contributed by atoms with Crippen molar-refractivity contribution in [2.24, 2.45) is 0 Å². The lowest BCUT2D eigenvalue weighted by Gasteiger charge is -2.20. The summed E-state index contributed by atoms with van der Waals surface area (Å²) in [4.78, 5) is 34.3. The van der Waals surface area contributed by atoms with E-state index in [-0.39, 0.29) is 12.8 Å². The molecule has 0 saturated heterocycles. The van der Waals surface area contributed by atoms with E-state index >= 15 is 0 Å². The molecule has 0 fully saturated rings. The molecule has 0 rings (SSSR count). The van der Waals surface area contributed by atoms with E-state index in [1.807, 2.05) is 0 Å². The highest BCUT2D eigenvalue weighted by molar-refractivity contribution is 7.47. The van der Waals surface area contributed by atoms with Crippen LogP contribution in [0.1, 0.15) is 168 Å². The van der Waals surface area contributed by atoms with Crippen LogP contribution >= 0.6 is 7.82 Å². The Balaban J connectivity index is 3.86. The van der Waals surface area contributed by atoms with Gasteiger partial charge < -0.3 is 24.6 Å². The molecule has 3 atom stereocenters. The average molecular weight is 771 g/mol. The van der Waals surface area contributed by atoms with Crippen LogP contribution in [0.2, 0.25) is 0 Å². The largest absolute Gasteiger partial charge is 0.472 e. The van der Waals surface area contributed by atoms with Gasteiger partial charge in [0.1, 0.15) is 12.2 Å². The van der Waals surface area contributed by atoms with Crippen molar-refractivity contribution in [1.82, 2.24) is 0 Å². The lowest BCUT2D eigenvalue weighted by atomic mass is 10.0. The van der Waals surface area contributed by atoms with Gasteiger partial charge in [0.05, 0.1) is 26.4 Å². The van der Waals surface area contributed by atoms with E-state index in [1.54, 1.807) is 0 Å². The monoisotopic (exact) mass is 771 g/mol. The number of carbonyl (C=O) groups is 2. The first-order chi connectivity index (χ1) is 25.8. The number of aliphatic hydroxyl groups excluding tert-OH is 2. The fraction of sp³-hybridized carbons (Fsp3) is 0.762. The number of phosphoric acid groups is 1. The number of esters is 2. The predicted molar refractivity (Wildman–Crippen MR) is 214 cm³/mol. The van der Waals surface area contributed by atoms with Gasteiger partial charge >= 0.3 is 19.8 Å². The van der Waals surface area contributed by atoms with Crippen molar-refractivity contribution in [1.29, 1.82) is 0 Å². The van der Waals surface area contributed by atoms with Gasteiger partial charge in [-0.2, -0.15) is 0 Å². The van der Waals surface area contributed by atoms with Crippen molar-refractivity contribution in [3.05, 3.63) is 48.6 Å². The molecule has 0 aliphatic carbocycles. The smallest absolute Gasteiger partial charge is 0.457 e. The number of aliphatic hydroxyl groups is 2. The van der Waals surface area contributed by atoms with E-state index in [0.29, 0.717) is 12.8 Å². The Labute approximate surface area is 322 Å². The number of hydrogen-bond acceptors (Lipinski definition) is 9. The third-order valence-electron chi connectivity index (χ3n) is 8.56. The van der Waals surface area contributed by atoms with Crippen LogP contribution in [0.25, 0.3) is 0 Å². The summed E-state index contributed by atoms with van der Waals surface area (Å²) < 4.78 is 32.4. The van der Waals surface area contributed by atoms with E-state index in [1.165, 1.54) is 57.8 Å². The maximum Gasteiger partial charge on any atom is 0.472 e. The van der Waals surface area contributed by atoms with Gasteiger partial charge in [0.15, 0.2) is 0 Å². The van der Waals surface area contributed by atoms with Crippen molar-refractivity contribution >= 4 is 19.8 Å². The molecule has 308 valence electrons. The van der Waals surface area contributed by atoms with E-state index in [9.17, 15) is 29.3 Å². The first kappa shape index (κ1) is 50.9. The topological polar surface area (TPSA) is 149 Å². The molecule has 0 radical (unpaired) electrons.